The summed E-state index contributed by atoms with van der Waals surface area (Å²) in [5.41, 5.74) is 1.33. The Kier molecular flexibility index (Phi) is 4.61. The van der Waals surface area contributed by atoms with Gasteiger partial charge in [0.25, 0.3) is 0 Å². The van der Waals surface area contributed by atoms with Crippen LogP contribution in [0.25, 0.3) is 11.1 Å². The lowest BCUT2D eigenvalue weighted by molar-refractivity contribution is -0.274. The maximum absolute atomic E-state index is 12.2. The molecule has 0 amide bonds. The minimum absolute atomic E-state index is 0.205. The van der Waals surface area contributed by atoms with Gasteiger partial charge in [-0.15, -0.1) is 13.2 Å². The number of alkyl halides is 3. The van der Waals surface area contributed by atoms with E-state index in [0.717, 1.165) is 0 Å². The summed E-state index contributed by atoms with van der Waals surface area (Å²) in [5, 5.41) is 9.10. The molecule has 3 nitrogen and oxygen atoms in total. The van der Waals surface area contributed by atoms with Crippen LogP contribution in [0.4, 0.5) is 13.2 Å². The maximum Gasteiger partial charge on any atom is 0.573 e. The van der Waals surface area contributed by atoms with Crippen LogP contribution in [0.1, 0.15) is 5.56 Å². The van der Waals surface area contributed by atoms with Crippen LogP contribution in [0.2, 0.25) is 5.02 Å². The molecular formula is C15H10ClF3O3. The Morgan fingerprint density at radius 1 is 1.18 bits per heavy atom. The number of rotatable bonds is 4. The van der Waals surface area contributed by atoms with Gasteiger partial charge in [-0.2, -0.15) is 0 Å². The van der Waals surface area contributed by atoms with Gasteiger partial charge in [-0.05, 0) is 35.4 Å². The predicted molar refractivity (Wildman–Crippen MR) is 74.9 cm³/mol. The molecule has 22 heavy (non-hydrogen) atoms. The van der Waals surface area contributed by atoms with Crippen LogP contribution >= 0.6 is 11.6 Å². The van der Waals surface area contributed by atoms with E-state index in [0.29, 0.717) is 21.7 Å². The Morgan fingerprint density at radius 2 is 1.91 bits per heavy atom. The molecule has 0 heterocycles. The zero-order valence-electron chi connectivity index (χ0n) is 11.0. The van der Waals surface area contributed by atoms with Crippen molar-refractivity contribution in [1.29, 1.82) is 0 Å². The van der Waals surface area contributed by atoms with Crippen molar-refractivity contribution < 1.29 is 27.8 Å². The van der Waals surface area contributed by atoms with Crippen molar-refractivity contribution in [2.24, 2.45) is 0 Å². The second-order valence-corrected chi connectivity index (χ2v) is 4.87. The van der Waals surface area contributed by atoms with Gasteiger partial charge in [0.15, 0.2) is 0 Å². The van der Waals surface area contributed by atoms with E-state index in [1.807, 2.05) is 0 Å². The summed E-state index contributed by atoms with van der Waals surface area (Å²) in [6.45, 7) is 0. The molecule has 0 saturated heterocycles. The van der Waals surface area contributed by atoms with E-state index in [4.69, 9.17) is 16.7 Å². The molecule has 1 N–H and O–H groups in total. The highest BCUT2D eigenvalue weighted by Crippen LogP contribution is 2.32. The number of carbonyl (C=O) groups is 1. The number of benzene rings is 2. The molecule has 7 heteroatoms. The van der Waals surface area contributed by atoms with Crippen LogP contribution in [0.3, 0.4) is 0 Å². The van der Waals surface area contributed by atoms with E-state index in [2.05, 4.69) is 4.74 Å². The van der Waals surface area contributed by atoms with Crippen molar-refractivity contribution >= 4 is 17.6 Å². The zero-order valence-corrected chi connectivity index (χ0v) is 11.8. The van der Waals surface area contributed by atoms with Crippen LogP contribution in [0, 0.1) is 0 Å². The molecular weight excluding hydrogens is 321 g/mol. The average molecular weight is 331 g/mol. The standard InChI is InChI=1S/C15H10ClF3O3/c16-13-5-4-9(7-14(20)21)6-12(13)10-2-1-3-11(8-10)22-15(17,18)19/h1-6,8H,7H2,(H,20,21). The van der Waals surface area contributed by atoms with Crippen molar-refractivity contribution in [2.75, 3.05) is 0 Å². The van der Waals surface area contributed by atoms with E-state index in [-0.39, 0.29) is 12.2 Å². The first-order valence-corrected chi connectivity index (χ1v) is 6.49. The summed E-state index contributed by atoms with van der Waals surface area (Å²) < 4.78 is 40.6. The molecule has 0 aliphatic heterocycles. The molecule has 0 aliphatic carbocycles. The maximum atomic E-state index is 12.2. The minimum Gasteiger partial charge on any atom is -0.481 e. The Morgan fingerprint density at radius 3 is 2.55 bits per heavy atom. The third-order valence-electron chi connectivity index (χ3n) is 2.76. The third-order valence-corrected chi connectivity index (χ3v) is 3.09. The highest BCUT2D eigenvalue weighted by atomic mass is 35.5. The van der Waals surface area contributed by atoms with E-state index < -0.39 is 12.3 Å². The molecule has 2 aromatic carbocycles. The zero-order chi connectivity index (χ0) is 16.3. The number of hydrogen-bond donors (Lipinski definition) is 1. The van der Waals surface area contributed by atoms with Crippen LogP contribution in [0.5, 0.6) is 5.75 Å². The number of halogens is 4. The van der Waals surface area contributed by atoms with Gasteiger partial charge in [-0.3, -0.25) is 4.79 Å². The lowest BCUT2D eigenvalue weighted by Crippen LogP contribution is -2.17. The van der Waals surface area contributed by atoms with Crippen molar-refractivity contribution in [3.8, 4) is 16.9 Å². The van der Waals surface area contributed by atoms with Crippen LogP contribution in [-0.4, -0.2) is 17.4 Å². The quantitative estimate of drug-likeness (QED) is 0.895. The smallest absolute Gasteiger partial charge is 0.481 e. The molecule has 0 saturated carbocycles. The number of aliphatic carboxylic acids is 1. The molecule has 0 radical (unpaired) electrons. The number of carboxylic acids is 1. The first-order chi connectivity index (χ1) is 10.2. The summed E-state index contributed by atoms with van der Waals surface area (Å²) in [6, 6.07) is 9.92. The number of carboxylic acid groups (broad SMARTS) is 1. The minimum atomic E-state index is -4.78. The van der Waals surface area contributed by atoms with E-state index in [9.17, 15) is 18.0 Å². The van der Waals surface area contributed by atoms with E-state index >= 15 is 0 Å². The fourth-order valence-corrected chi connectivity index (χ4v) is 2.17. The predicted octanol–water partition coefficient (Wildman–Crippen LogP) is 4.53. The SMILES string of the molecule is O=C(O)Cc1ccc(Cl)c(-c2cccc(OC(F)(F)F)c2)c1. The highest BCUT2D eigenvalue weighted by molar-refractivity contribution is 6.33. The monoisotopic (exact) mass is 330 g/mol. The number of hydrogen-bond acceptors (Lipinski definition) is 2. The summed E-state index contributed by atoms with van der Waals surface area (Å²) in [7, 11) is 0. The summed E-state index contributed by atoms with van der Waals surface area (Å²) in [5.74, 6) is -1.38. The van der Waals surface area contributed by atoms with Crippen LogP contribution in [0.15, 0.2) is 42.5 Å². The molecule has 0 spiro atoms. The molecule has 0 unspecified atom stereocenters. The van der Waals surface area contributed by atoms with Gasteiger partial charge in [-0.25, -0.2) is 0 Å². The molecule has 0 bridgehead atoms. The van der Waals surface area contributed by atoms with Gasteiger partial charge in [0, 0.05) is 10.6 Å². The molecule has 0 aromatic heterocycles. The fourth-order valence-electron chi connectivity index (χ4n) is 1.94. The van der Waals surface area contributed by atoms with Gasteiger partial charge in [0.05, 0.1) is 6.42 Å². The Labute approximate surface area is 128 Å². The molecule has 0 fully saturated rings. The fraction of sp³-hybridized carbons (Fsp3) is 0.133. The van der Waals surface area contributed by atoms with Gasteiger partial charge in [-0.1, -0.05) is 29.8 Å². The topological polar surface area (TPSA) is 46.5 Å². The molecule has 0 aliphatic rings. The summed E-state index contributed by atoms with van der Waals surface area (Å²) in [6.07, 6.45) is -4.99. The van der Waals surface area contributed by atoms with Gasteiger partial charge >= 0.3 is 12.3 Å². The Hall–Kier alpha value is -2.21. The van der Waals surface area contributed by atoms with E-state index in [1.54, 1.807) is 12.1 Å². The van der Waals surface area contributed by atoms with Gasteiger partial charge in [0.2, 0.25) is 0 Å². The van der Waals surface area contributed by atoms with Crippen LogP contribution < -0.4 is 4.74 Å². The third kappa shape index (κ3) is 4.39. The van der Waals surface area contributed by atoms with Crippen molar-refractivity contribution in [3.05, 3.63) is 53.1 Å². The van der Waals surface area contributed by atoms with Crippen LogP contribution in [-0.2, 0) is 11.2 Å². The second kappa shape index (κ2) is 6.27. The van der Waals surface area contributed by atoms with Crippen molar-refractivity contribution in [2.45, 2.75) is 12.8 Å². The lowest BCUT2D eigenvalue weighted by Gasteiger charge is -2.11. The lowest BCUT2D eigenvalue weighted by atomic mass is 10.0. The van der Waals surface area contributed by atoms with Crippen molar-refractivity contribution in [3.63, 3.8) is 0 Å². The van der Waals surface area contributed by atoms with Gasteiger partial charge < -0.3 is 9.84 Å². The molecule has 2 rings (SSSR count). The average Bonchev–Trinajstić information content (AvgIpc) is 2.39. The van der Waals surface area contributed by atoms with E-state index in [1.165, 1.54) is 30.3 Å². The van der Waals surface area contributed by atoms with Gasteiger partial charge in [0.1, 0.15) is 5.75 Å². The largest absolute Gasteiger partial charge is 0.573 e. The Balaban J connectivity index is 2.38. The first kappa shape index (κ1) is 16.2. The Bertz CT molecular complexity index is 699. The summed E-state index contributed by atoms with van der Waals surface area (Å²) >= 11 is 6.04. The first-order valence-electron chi connectivity index (χ1n) is 6.11. The molecule has 2 aromatic rings. The molecule has 0 atom stereocenters. The number of ether oxygens (including phenoxy) is 1. The van der Waals surface area contributed by atoms with Crippen molar-refractivity contribution in [1.82, 2.24) is 0 Å². The normalized spacial score (nSPS) is 11.3. The second-order valence-electron chi connectivity index (χ2n) is 4.46. The highest BCUT2D eigenvalue weighted by Gasteiger charge is 2.31. The molecule has 116 valence electrons. The summed E-state index contributed by atoms with van der Waals surface area (Å²) in [4.78, 5) is 10.7.